The SMILES string of the molecule is CC[C@@]1(C)Cc2c(sc3nc(SC)nc(NCCCN4CCOCC4)c23)CO1. The standard InChI is InChI=1S/C20H30N4O2S2/c1-4-20(2)12-14-15(13-26-20)28-18-16(14)17(22-19(23-18)27-3)21-6-5-7-24-8-10-25-11-9-24/h4-13H2,1-3H3,(H,21,22,23)/t20-/m0/s1. The molecule has 2 aromatic heterocycles. The zero-order valence-electron chi connectivity index (χ0n) is 17.0. The molecule has 0 bridgehead atoms. The Balaban J connectivity index is 1.53. The third kappa shape index (κ3) is 4.31. The first-order valence-corrected chi connectivity index (χ1v) is 12.2. The quantitative estimate of drug-likeness (QED) is 0.414. The molecule has 1 fully saturated rings. The van der Waals surface area contributed by atoms with Crippen LogP contribution in [-0.4, -0.2) is 66.1 Å². The van der Waals surface area contributed by atoms with Crippen molar-refractivity contribution in [2.24, 2.45) is 0 Å². The van der Waals surface area contributed by atoms with E-state index in [0.717, 1.165) is 74.5 Å². The van der Waals surface area contributed by atoms with Crippen molar-refractivity contribution in [2.45, 2.75) is 50.5 Å². The molecular weight excluding hydrogens is 392 g/mol. The van der Waals surface area contributed by atoms with Gasteiger partial charge in [-0.2, -0.15) is 0 Å². The van der Waals surface area contributed by atoms with Crippen LogP contribution in [0.5, 0.6) is 0 Å². The molecule has 8 heteroatoms. The summed E-state index contributed by atoms with van der Waals surface area (Å²) >= 11 is 3.37. The van der Waals surface area contributed by atoms with Crippen LogP contribution >= 0.6 is 23.1 Å². The highest BCUT2D eigenvalue weighted by atomic mass is 32.2. The van der Waals surface area contributed by atoms with Crippen LogP contribution in [0.25, 0.3) is 10.2 Å². The van der Waals surface area contributed by atoms with Crippen LogP contribution in [-0.2, 0) is 22.5 Å². The second kappa shape index (κ2) is 8.83. The van der Waals surface area contributed by atoms with E-state index in [0.29, 0.717) is 6.61 Å². The minimum atomic E-state index is -0.0905. The average Bonchev–Trinajstić information content (AvgIpc) is 3.09. The summed E-state index contributed by atoms with van der Waals surface area (Å²) in [5.41, 5.74) is 1.30. The van der Waals surface area contributed by atoms with E-state index in [-0.39, 0.29) is 5.60 Å². The summed E-state index contributed by atoms with van der Waals surface area (Å²) in [7, 11) is 0. The van der Waals surface area contributed by atoms with Crippen LogP contribution in [0.4, 0.5) is 5.82 Å². The molecule has 1 saturated heterocycles. The monoisotopic (exact) mass is 422 g/mol. The Hall–Kier alpha value is -0.930. The molecule has 0 unspecified atom stereocenters. The molecule has 154 valence electrons. The third-order valence-electron chi connectivity index (χ3n) is 5.79. The van der Waals surface area contributed by atoms with Crippen molar-refractivity contribution in [1.29, 1.82) is 0 Å². The van der Waals surface area contributed by atoms with Gasteiger partial charge < -0.3 is 14.8 Å². The second-order valence-electron chi connectivity index (χ2n) is 7.75. The number of morpholine rings is 1. The highest BCUT2D eigenvalue weighted by Crippen LogP contribution is 2.42. The molecule has 2 aliphatic rings. The Bertz CT molecular complexity index is 822. The largest absolute Gasteiger partial charge is 0.379 e. The molecule has 1 atom stereocenters. The van der Waals surface area contributed by atoms with Crippen molar-refractivity contribution >= 4 is 39.1 Å². The van der Waals surface area contributed by atoms with E-state index in [1.807, 2.05) is 6.26 Å². The van der Waals surface area contributed by atoms with Crippen LogP contribution in [0.2, 0.25) is 0 Å². The summed E-state index contributed by atoms with van der Waals surface area (Å²) in [5.74, 6) is 0.995. The van der Waals surface area contributed by atoms with Crippen LogP contribution in [0.1, 0.15) is 37.1 Å². The topological polar surface area (TPSA) is 59.5 Å². The number of thiophene rings is 1. The number of ether oxygens (including phenoxy) is 2. The number of hydrogen-bond donors (Lipinski definition) is 1. The summed E-state index contributed by atoms with van der Waals surface area (Å²) < 4.78 is 11.6. The number of rotatable bonds is 7. The fourth-order valence-electron chi connectivity index (χ4n) is 3.83. The van der Waals surface area contributed by atoms with Crippen molar-refractivity contribution in [2.75, 3.05) is 51.0 Å². The van der Waals surface area contributed by atoms with Crippen molar-refractivity contribution < 1.29 is 9.47 Å². The van der Waals surface area contributed by atoms with Gasteiger partial charge in [-0.25, -0.2) is 9.97 Å². The maximum Gasteiger partial charge on any atom is 0.190 e. The Morgan fingerprint density at radius 3 is 2.86 bits per heavy atom. The summed E-state index contributed by atoms with van der Waals surface area (Å²) in [4.78, 5) is 14.5. The summed E-state index contributed by atoms with van der Waals surface area (Å²) in [6.07, 6.45) is 5.08. The normalized spacial score (nSPS) is 23.1. The van der Waals surface area contributed by atoms with Gasteiger partial charge in [0.15, 0.2) is 5.16 Å². The molecule has 4 rings (SSSR count). The number of thioether (sulfide) groups is 1. The Morgan fingerprint density at radius 2 is 2.11 bits per heavy atom. The van der Waals surface area contributed by atoms with Gasteiger partial charge in [-0.1, -0.05) is 18.7 Å². The molecule has 0 saturated carbocycles. The minimum Gasteiger partial charge on any atom is -0.379 e. The lowest BCUT2D eigenvalue weighted by molar-refractivity contribution is -0.0542. The molecule has 0 radical (unpaired) electrons. The lowest BCUT2D eigenvalue weighted by Gasteiger charge is -2.33. The molecule has 2 aliphatic heterocycles. The lowest BCUT2D eigenvalue weighted by Crippen LogP contribution is -2.37. The van der Waals surface area contributed by atoms with Gasteiger partial charge in [-0.05, 0) is 38.1 Å². The number of anilines is 1. The van der Waals surface area contributed by atoms with Gasteiger partial charge in [0.25, 0.3) is 0 Å². The molecule has 6 nitrogen and oxygen atoms in total. The van der Waals surface area contributed by atoms with E-state index < -0.39 is 0 Å². The Morgan fingerprint density at radius 1 is 1.29 bits per heavy atom. The van der Waals surface area contributed by atoms with Crippen molar-refractivity contribution in [3.05, 3.63) is 10.4 Å². The fourth-order valence-corrected chi connectivity index (χ4v) is 5.36. The van der Waals surface area contributed by atoms with Gasteiger partial charge in [0.2, 0.25) is 0 Å². The average molecular weight is 423 g/mol. The molecule has 0 amide bonds. The first kappa shape index (κ1) is 20.3. The Labute approximate surface area is 175 Å². The number of aromatic nitrogens is 2. The molecular formula is C20H30N4O2S2. The van der Waals surface area contributed by atoms with Gasteiger partial charge in [0.05, 0.1) is 30.8 Å². The zero-order valence-corrected chi connectivity index (χ0v) is 18.7. The van der Waals surface area contributed by atoms with Crippen LogP contribution < -0.4 is 5.32 Å². The maximum atomic E-state index is 6.15. The van der Waals surface area contributed by atoms with E-state index in [4.69, 9.17) is 19.4 Å². The van der Waals surface area contributed by atoms with E-state index in [9.17, 15) is 0 Å². The van der Waals surface area contributed by atoms with Gasteiger partial charge in [-0.15, -0.1) is 11.3 Å². The van der Waals surface area contributed by atoms with Crippen LogP contribution in [0, 0.1) is 0 Å². The minimum absolute atomic E-state index is 0.0905. The predicted molar refractivity (Wildman–Crippen MR) is 117 cm³/mol. The van der Waals surface area contributed by atoms with E-state index in [1.54, 1.807) is 23.1 Å². The van der Waals surface area contributed by atoms with E-state index in [1.165, 1.54) is 15.8 Å². The van der Waals surface area contributed by atoms with Crippen molar-refractivity contribution in [1.82, 2.24) is 14.9 Å². The van der Waals surface area contributed by atoms with Crippen LogP contribution in [0.15, 0.2) is 5.16 Å². The van der Waals surface area contributed by atoms with E-state index in [2.05, 4.69) is 24.1 Å². The third-order valence-corrected chi connectivity index (χ3v) is 7.44. The fraction of sp³-hybridized carbons (Fsp3) is 0.700. The van der Waals surface area contributed by atoms with Gasteiger partial charge in [-0.3, -0.25) is 4.90 Å². The summed E-state index contributed by atoms with van der Waals surface area (Å²) in [6.45, 7) is 10.9. The number of nitrogens with zero attached hydrogens (tertiary/aromatic N) is 3. The van der Waals surface area contributed by atoms with Crippen molar-refractivity contribution in [3.63, 3.8) is 0 Å². The number of fused-ring (bicyclic) bond motifs is 3. The maximum absolute atomic E-state index is 6.15. The zero-order chi connectivity index (χ0) is 19.6. The first-order chi connectivity index (χ1) is 13.6. The highest BCUT2D eigenvalue weighted by Gasteiger charge is 2.33. The molecule has 4 heterocycles. The summed E-state index contributed by atoms with van der Waals surface area (Å²) in [6, 6.07) is 0. The van der Waals surface area contributed by atoms with Gasteiger partial charge in [0.1, 0.15) is 10.6 Å². The first-order valence-electron chi connectivity index (χ1n) is 10.2. The smallest absolute Gasteiger partial charge is 0.190 e. The van der Waals surface area contributed by atoms with E-state index >= 15 is 0 Å². The number of hydrogen-bond acceptors (Lipinski definition) is 8. The second-order valence-corrected chi connectivity index (χ2v) is 9.60. The molecule has 2 aromatic rings. The molecule has 0 spiro atoms. The lowest BCUT2D eigenvalue weighted by atomic mass is 9.90. The Kier molecular flexibility index (Phi) is 6.42. The molecule has 0 aliphatic carbocycles. The predicted octanol–water partition coefficient (Wildman–Crippen LogP) is 3.79. The molecule has 0 aromatic carbocycles. The van der Waals surface area contributed by atoms with Crippen LogP contribution in [0.3, 0.4) is 0 Å². The number of nitrogens with one attached hydrogen (secondary N) is 1. The van der Waals surface area contributed by atoms with Gasteiger partial charge >= 0.3 is 0 Å². The van der Waals surface area contributed by atoms with Gasteiger partial charge in [0, 0.05) is 30.9 Å². The summed E-state index contributed by atoms with van der Waals surface area (Å²) in [5, 5.41) is 5.68. The highest BCUT2D eigenvalue weighted by molar-refractivity contribution is 7.98. The molecule has 28 heavy (non-hydrogen) atoms. The molecule has 1 N–H and O–H groups in total. The van der Waals surface area contributed by atoms with Crippen molar-refractivity contribution in [3.8, 4) is 0 Å².